The second kappa shape index (κ2) is 5.70. The summed E-state index contributed by atoms with van der Waals surface area (Å²) in [7, 11) is 0. The van der Waals surface area contributed by atoms with Gasteiger partial charge in [0.2, 0.25) is 0 Å². The van der Waals surface area contributed by atoms with Gasteiger partial charge in [-0.3, -0.25) is 0 Å². The summed E-state index contributed by atoms with van der Waals surface area (Å²) in [4.78, 5) is 2.35. The highest BCUT2D eigenvalue weighted by molar-refractivity contribution is 6.31. The molecule has 1 heterocycles. The van der Waals surface area contributed by atoms with Crippen LogP contribution in [-0.4, -0.2) is 31.3 Å². The highest BCUT2D eigenvalue weighted by Gasteiger charge is 2.28. The molecule has 0 aliphatic carbocycles. The molecule has 0 amide bonds. The van der Waals surface area contributed by atoms with Gasteiger partial charge in [-0.2, -0.15) is 0 Å². The molecule has 0 aromatic heterocycles. The first-order valence-corrected chi connectivity index (χ1v) is 7.19. The predicted octanol–water partition coefficient (Wildman–Crippen LogP) is 2.84. The molecule has 0 radical (unpaired) electrons. The van der Waals surface area contributed by atoms with Crippen LogP contribution < -0.4 is 10.6 Å². The van der Waals surface area contributed by atoms with Crippen molar-refractivity contribution < 1.29 is 4.74 Å². The minimum atomic E-state index is -0.119. The van der Waals surface area contributed by atoms with Crippen LogP contribution in [0.3, 0.4) is 0 Å². The molecule has 4 heteroatoms. The summed E-state index contributed by atoms with van der Waals surface area (Å²) in [5.41, 5.74) is 8.17. The van der Waals surface area contributed by atoms with Gasteiger partial charge < -0.3 is 15.4 Å². The minimum Gasteiger partial charge on any atom is -0.372 e. The van der Waals surface area contributed by atoms with Gasteiger partial charge in [-0.05, 0) is 44.9 Å². The summed E-state index contributed by atoms with van der Waals surface area (Å²) in [6, 6.07) is 6.18. The smallest absolute Gasteiger partial charge is 0.0801 e. The third-order valence-corrected chi connectivity index (χ3v) is 3.74. The maximum atomic E-state index is 6.35. The topological polar surface area (TPSA) is 38.5 Å². The van der Waals surface area contributed by atoms with Crippen LogP contribution in [0.25, 0.3) is 0 Å². The second-order valence-corrected chi connectivity index (χ2v) is 6.36. The fourth-order valence-corrected chi connectivity index (χ4v) is 2.84. The molecule has 2 N–H and O–H groups in total. The Kier molecular flexibility index (Phi) is 4.39. The lowest BCUT2D eigenvalue weighted by atomic mass is 10.0. The van der Waals surface area contributed by atoms with Crippen molar-refractivity contribution in [2.45, 2.75) is 38.8 Å². The molecule has 1 unspecified atom stereocenters. The number of anilines is 1. The largest absolute Gasteiger partial charge is 0.372 e. The number of hydrogen-bond donors (Lipinski definition) is 1. The van der Waals surface area contributed by atoms with E-state index in [1.54, 1.807) is 0 Å². The van der Waals surface area contributed by atoms with Crippen LogP contribution in [-0.2, 0) is 11.2 Å². The molecule has 1 aromatic carbocycles. The van der Waals surface area contributed by atoms with Crippen molar-refractivity contribution in [3.05, 3.63) is 28.8 Å². The summed E-state index contributed by atoms with van der Waals surface area (Å²) >= 11 is 6.35. The second-order valence-electron chi connectivity index (χ2n) is 5.95. The van der Waals surface area contributed by atoms with E-state index in [1.165, 1.54) is 5.69 Å². The Hall–Kier alpha value is -0.770. The van der Waals surface area contributed by atoms with E-state index in [1.807, 2.05) is 19.1 Å². The zero-order valence-corrected chi connectivity index (χ0v) is 12.7. The Bertz CT molecular complexity index is 446. The average molecular weight is 283 g/mol. The van der Waals surface area contributed by atoms with E-state index in [9.17, 15) is 0 Å². The molecule has 1 fully saturated rings. The molecule has 0 bridgehead atoms. The summed E-state index contributed by atoms with van der Waals surface area (Å²) in [6.07, 6.45) is 0.798. The van der Waals surface area contributed by atoms with Crippen molar-refractivity contribution in [2.24, 2.45) is 5.73 Å². The van der Waals surface area contributed by atoms with Crippen LogP contribution >= 0.6 is 11.6 Å². The van der Waals surface area contributed by atoms with E-state index in [0.717, 1.165) is 36.7 Å². The van der Waals surface area contributed by atoms with Crippen LogP contribution in [0.15, 0.2) is 18.2 Å². The number of ether oxygens (including phenoxy) is 1. The van der Waals surface area contributed by atoms with Gasteiger partial charge in [0.05, 0.1) is 12.2 Å². The van der Waals surface area contributed by atoms with Gasteiger partial charge >= 0.3 is 0 Å². The molecule has 1 atom stereocenters. The molecular weight excluding hydrogens is 260 g/mol. The Morgan fingerprint density at radius 2 is 2.21 bits per heavy atom. The fraction of sp³-hybridized carbons (Fsp3) is 0.600. The first kappa shape index (κ1) is 14.6. The lowest BCUT2D eigenvalue weighted by molar-refractivity contribution is -0.0277. The molecule has 1 aliphatic heterocycles. The molecule has 2 rings (SSSR count). The number of hydrogen-bond acceptors (Lipinski definition) is 3. The molecule has 19 heavy (non-hydrogen) atoms. The standard InChI is InChI=1S/C15H23ClN2O/c1-11(17)9-12-13(16)5-4-6-14(12)18-7-8-19-15(2,3)10-18/h4-6,11H,7-10,17H2,1-3H3. The Morgan fingerprint density at radius 1 is 1.47 bits per heavy atom. The SMILES string of the molecule is CC(N)Cc1c(Cl)cccc1N1CCOC(C)(C)C1. The molecule has 0 saturated carbocycles. The van der Waals surface area contributed by atoms with E-state index in [0.29, 0.717) is 0 Å². The first-order valence-electron chi connectivity index (χ1n) is 6.81. The van der Waals surface area contributed by atoms with Gasteiger partial charge in [0.25, 0.3) is 0 Å². The van der Waals surface area contributed by atoms with Gasteiger partial charge in [0, 0.05) is 29.8 Å². The molecule has 0 spiro atoms. The van der Waals surface area contributed by atoms with Crippen molar-refractivity contribution in [1.82, 2.24) is 0 Å². The van der Waals surface area contributed by atoms with Crippen LogP contribution in [0.5, 0.6) is 0 Å². The van der Waals surface area contributed by atoms with E-state index < -0.39 is 0 Å². The van der Waals surface area contributed by atoms with Gasteiger partial charge in [-0.1, -0.05) is 17.7 Å². The highest BCUT2D eigenvalue weighted by Crippen LogP contribution is 2.31. The zero-order valence-electron chi connectivity index (χ0n) is 11.9. The lowest BCUT2D eigenvalue weighted by Crippen LogP contribution is -2.48. The van der Waals surface area contributed by atoms with E-state index in [-0.39, 0.29) is 11.6 Å². The molecule has 1 aromatic rings. The highest BCUT2D eigenvalue weighted by atomic mass is 35.5. The third-order valence-electron chi connectivity index (χ3n) is 3.39. The lowest BCUT2D eigenvalue weighted by Gasteiger charge is -2.40. The van der Waals surface area contributed by atoms with Gasteiger partial charge in [0.1, 0.15) is 0 Å². The van der Waals surface area contributed by atoms with Crippen LogP contribution in [0.4, 0.5) is 5.69 Å². The summed E-state index contributed by atoms with van der Waals surface area (Å²) in [6.45, 7) is 8.77. The maximum Gasteiger partial charge on any atom is 0.0801 e. The molecular formula is C15H23ClN2O. The molecule has 1 aliphatic rings. The molecule has 3 nitrogen and oxygen atoms in total. The Balaban J connectivity index is 2.30. The first-order chi connectivity index (χ1) is 8.89. The zero-order chi connectivity index (χ0) is 14.0. The van der Waals surface area contributed by atoms with E-state index in [4.69, 9.17) is 22.1 Å². The van der Waals surface area contributed by atoms with Gasteiger partial charge in [-0.25, -0.2) is 0 Å². The van der Waals surface area contributed by atoms with Gasteiger partial charge in [-0.15, -0.1) is 0 Å². The maximum absolute atomic E-state index is 6.35. The number of morpholine rings is 1. The predicted molar refractivity (Wildman–Crippen MR) is 81.0 cm³/mol. The van der Waals surface area contributed by atoms with Crippen LogP contribution in [0.1, 0.15) is 26.3 Å². The Morgan fingerprint density at radius 3 is 2.84 bits per heavy atom. The van der Waals surface area contributed by atoms with Crippen LogP contribution in [0.2, 0.25) is 5.02 Å². The summed E-state index contributed by atoms with van der Waals surface area (Å²) in [5.74, 6) is 0. The number of benzene rings is 1. The number of nitrogens with two attached hydrogens (primary N) is 1. The quantitative estimate of drug-likeness (QED) is 0.926. The van der Waals surface area contributed by atoms with Crippen LogP contribution in [0, 0.1) is 0 Å². The normalized spacial score (nSPS) is 20.4. The molecule has 106 valence electrons. The number of halogens is 1. The van der Waals surface area contributed by atoms with E-state index in [2.05, 4.69) is 24.8 Å². The third kappa shape index (κ3) is 3.62. The average Bonchev–Trinajstić information content (AvgIpc) is 2.30. The van der Waals surface area contributed by atoms with Crippen molar-refractivity contribution in [2.75, 3.05) is 24.6 Å². The van der Waals surface area contributed by atoms with E-state index >= 15 is 0 Å². The van der Waals surface area contributed by atoms with Crippen molar-refractivity contribution in [3.63, 3.8) is 0 Å². The van der Waals surface area contributed by atoms with Gasteiger partial charge in [0.15, 0.2) is 0 Å². The molecule has 1 saturated heterocycles. The minimum absolute atomic E-state index is 0.104. The Labute approximate surface area is 120 Å². The fourth-order valence-electron chi connectivity index (χ4n) is 2.59. The number of rotatable bonds is 3. The van der Waals surface area contributed by atoms with Crippen molar-refractivity contribution >= 4 is 17.3 Å². The summed E-state index contributed by atoms with van der Waals surface area (Å²) < 4.78 is 5.77. The van der Waals surface area contributed by atoms with Crippen molar-refractivity contribution in [1.29, 1.82) is 0 Å². The van der Waals surface area contributed by atoms with Crippen molar-refractivity contribution in [3.8, 4) is 0 Å². The monoisotopic (exact) mass is 282 g/mol. The summed E-state index contributed by atoms with van der Waals surface area (Å²) in [5, 5.41) is 0.805. The number of nitrogens with zero attached hydrogens (tertiary/aromatic N) is 1.